The lowest BCUT2D eigenvalue weighted by Crippen LogP contribution is -2.66. The molecule has 4 aliphatic heterocycles. The number of likely N-dealkylation sites (tertiary alicyclic amines) is 1. The van der Waals surface area contributed by atoms with E-state index in [-0.39, 0.29) is 11.5 Å². The van der Waals surface area contributed by atoms with Gasteiger partial charge in [0.15, 0.2) is 5.82 Å². The van der Waals surface area contributed by atoms with E-state index in [0.717, 1.165) is 67.2 Å². The smallest absolute Gasteiger partial charge is 0.263 e. The van der Waals surface area contributed by atoms with Crippen molar-refractivity contribution in [3.8, 4) is 0 Å². The second-order valence-corrected chi connectivity index (χ2v) is 13.9. The molecule has 0 atom stereocenters. The molecule has 0 unspecified atom stereocenters. The number of nitrogens with zero attached hydrogens (tertiary/aromatic N) is 5. The Hall–Kier alpha value is -2.52. The van der Waals surface area contributed by atoms with Crippen LogP contribution in [0.1, 0.15) is 73.9 Å². The molecule has 4 fully saturated rings. The van der Waals surface area contributed by atoms with Gasteiger partial charge >= 0.3 is 0 Å². The van der Waals surface area contributed by atoms with Crippen molar-refractivity contribution in [2.24, 2.45) is 16.7 Å². The van der Waals surface area contributed by atoms with Crippen molar-refractivity contribution >= 4 is 17.4 Å². The summed E-state index contributed by atoms with van der Waals surface area (Å²) < 4.78 is 29.6. The summed E-state index contributed by atoms with van der Waals surface area (Å²) >= 11 is 0. The molecule has 0 radical (unpaired) electrons. The van der Waals surface area contributed by atoms with Crippen molar-refractivity contribution in [3.63, 3.8) is 0 Å². The lowest BCUT2D eigenvalue weighted by atomic mass is 9.57. The van der Waals surface area contributed by atoms with E-state index in [4.69, 9.17) is 5.10 Å². The molecule has 40 heavy (non-hydrogen) atoms. The number of hydrogen-bond acceptors (Lipinski definition) is 5. The number of alkyl halides is 2. The topological polar surface area (TPSA) is 56.6 Å². The van der Waals surface area contributed by atoms with Gasteiger partial charge in [0.1, 0.15) is 0 Å². The fourth-order valence-electron chi connectivity index (χ4n) is 8.99. The van der Waals surface area contributed by atoms with E-state index in [1.165, 1.54) is 51.3 Å². The largest absolute Gasteiger partial charge is 0.338 e. The van der Waals surface area contributed by atoms with Crippen LogP contribution in [-0.2, 0) is 24.2 Å². The van der Waals surface area contributed by atoms with Crippen LogP contribution in [-0.4, -0.2) is 71.3 Å². The van der Waals surface area contributed by atoms with Gasteiger partial charge in [0.25, 0.3) is 6.43 Å². The molecule has 2 saturated heterocycles. The monoisotopic (exact) mass is 550 g/mol. The van der Waals surface area contributed by atoms with Gasteiger partial charge in [-0.15, -0.1) is 0 Å². The number of amides is 1. The average molecular weight is 551 g/mol. The molecule has 2 spiro atoms. The zero-order valence-electron chi connectivity index (χ0n) is 23.5. The van der Waals surface area contributed by atoms with Crippen molar-refractivity contribution in [1.82, 2.24) is 24.9 Å². The molecule has 5 heterocycles. The van der Waals surface area contributed by atoms with Crippen molar-refractivity contribution < 1.29 is 13.6 Å². The van der Waals surface area contributed by atoms with Crippen LogP contribution < -0.4 is 10.2 Å². The van der Waals surface area contributed by atoms with Crippen molar-refractivity contribution in [3.05, 3.63) is 40.6 Å². The molecule has 214 valence electrons. The first-order valence-corrected chi connectivity index (χ1v) is 15.3. The number of hydrogen-bond donors (Lipinski definition) is 1. The first-order chi connectivity index (χ1) is 19.3. The molecule has 2 aliphatic carbocycles. The number of aryl methyl sites for hydroxylation is 1. The quantitative estimate of drug-likeness (QED) is 0.597. The van der Waals surface area contributed by atoms with Crippen LogP contribution >= 0.6 is 0 Å². The van der Waals surface area contributed by atoms with Gasteiger partial charge in [-0.3, -0.25) is 9.48 Å². The third-order valence-corrected chi connectivity index (χ3v) is 11.0. The molecule has 1 amide bonds. The molecule has 1 N–H and O–H groups in total. The Balaban J connectivity index is 1.02. The number of carbonyl (C=O) groups is 1. The molecule has 8 rings (SSSR count). The summed E-state index contributed by atoms with van der Waals surface area (Å²) in [5.74, 6) is 1.83. The Morgan fingerprint density at radius 1 is 1.10 bits per heavy atom. The molecular formula is C31H40F2N6O. The SMILES string of the molecule is CC(=O)N1CCc2c(c(N3CCCc4ccc(C(F)F)cc43)nn2C2CC3(C2)CN(CC2CC4(CNC4)C2)C3)C1. The maximum absolute atomic E-state index is 13.6. The summed E-state index contributed by atoms with van der Waals surface area (Å²) in [4.78, 5) is 19.1. The third kappa shape index (κ3) is 3.94. The summed E-state index contributed by atoms with van der Waals surface area (Å²) in [5, 5.41) is 8.69. The predicted molar refractivity (Wildman–Crippen MR) is 149 cm³/mol. The van der Waals surface area contributed by atoms with Gasteiger partial charge < -0.3 is 20.0 Å². The van der Waals surface area contributed by atoms with E-state index in [0.29, 0.717) is 30.0 Å². The zero-order valence-corrected chi connectivity index (χ0v) is 23.5. The third-order valence-electron chi connectivity index (χ3n) is 11.0. The highest BCUT2D eigenvalue weighted by molar-refractivity contribution is 5.75. The maximum Gasteiger partial charge on any atom is 0.263 e. The molecular weight excluding hydrogens is 510 g/mol. The summed E-state index contributed by atoms with van der Waals surface area (Å²) in [6.07, 6.45) is 5.29. The van der Waals surface area contributed by atoms with Gasteiger partial charge in [0, 0.05) is 81.7 Å². The van der Waals surface area contributed by atoms with Crippen molar-refractivity contribution in [2.45, 2.75) is 70.9 Å². The van der Waals surface area contributed by atoms with Gasteiger partial charge in [-0.05, 0) is 66.9 Å². The van der Waals surface area contributed by atoms with Gasteiger partial charge in [0.2, 0.25) is 5.91 Å². The number of benzene rings is 1. The van der Waals surface area contributed by atoms with E-state index in [1.54, 1.807) is 19.1 Å². The fraction of sp³-hybridized carbons (Fsp3) is 0.677. The Labute approximate surface area is 234 Å². The van der Waals surface area contributed by atoms with E-state index < -0.39 is 6.43 Å². The fourth-order valence-corrected chi connectivity index (χ4v) is 8.99. The normalized spacial score (nSPS) is 26.6. The van der Waals surface area contributed by atoms with Crippen molar-refractivity contribution in [2.75, 3.05) is 50.7 Å². The molecule has 9 heteroatoms. The number of aromatic nitrogens is 2. The predicted octanol–water partition coefficient (Wildman–Crippen LogP) is 4.45. The second-order valence-electron chi connectivity index (χ2n) is 13.9. The first kappa shape index (κ1) is 25.2. The van der Waals surface area contributed by atoms with Crippen LogP contribution in [0.2, 0.25) is 0 Å². The lowest BCUT2D eigenvalue weighted by Gasteiger charge is -2.62. The van der Waals surface area contributed by atoms with Gasteiger partial charge in [-0.2, -0.15) is 5.10 Å². The standard InChI is InChI=1S/C31H40F2N6O/c1-20(40)37-8-6-26-25(15-37)29(38-7-2-3-22-4-5-23(28(32)33)9-27(22)38)35-39(26)24-12-31(13-24)18-36(19-31)14-21-10-30(11-21)16-34-17-30/h4-5,9,21,24,28,34H,2-3,6-8,10-19H2,1H3. The first-order valence-electron chi connectivity index (χ1n) is 15.3. The van der Waals surface area contributed by atoms with Crippen LogP contribution in [0.5, 0.6) is 0 Å². The molecule has 2 aromatic rings. The number of fused-ring (bicyclic) bond motifs is 2. The van der Waals surface area contributed by atoms with Gasteiger partial charge in [-0.1, -0.05) is 12.1 Å². The minimum Gasteiger partial charge on any atom is -0.338 e. The van der Waals surface area contributed by atoms with E-state index >= 15 is 0 Å². The Morgan fingerprint density at radius 2 is 1.90 bits per heavy atom. The Bertz CT molecular complexity index is 1330. The Morgan fingerprint density at radius 3 is 2.60 bits per heavy atom. The van der Waals surface area contributed by atoms with Gasteiger partial charge in [-0.25, -0.2) is 8.78 Å². The van der Waals surface area contributed by atoms with E-state index in [1.807, 2.05) is 11.0 Å². The summed E-state index contributed by atoms with van der Waals surface area (Å²) in [5.41, 5.74) is 5.45. The summed E-state index contributed by atoms with van der Waals surface area (Å²) in [6.45, 7) is 9.80. The molecule has 1 aromatic carbocycles. The van der Waals surface area contributed by atoms with Gasteiger partial charge in [0.05, 0.1) is 12.6 Å². The molecule has 2 saturated carbocycles. The summed E-state index contributed by atoms with van der Waals surface area (Å²) in [6, 6.07) is 5.46. The highest BCUT2D eigenvalue weighted by atomic mass is 19.3. The highest BCUT2D eigenvalue weighted by Gasteiger charge is 2.55. The van der Waals surface area contributed by atoms with Crippen LogP contribution in [0.4, 0.5) is 20.3 Å². The number of anilines is 2. The van der Waals surface area contributed by atoms with E-state index in [2.05, 4.69) is 19.8 Å². The van der Waals surface area contributed by atoms with E-state index in [9.17, 15) is 13.6 Å². The molecule has 7 nitrogen and oxygen atoms in total. The maximum atomic E-state index is 13.6. The molecule has 1 aromatic heterocycles. The lowest BCUT2D eigenvalue weighted by molar-refractivity contribution is -0.129. The number of halogens is 2. The van der Waals surface area contributed by atoms with Crippen LogP contribution in [0.3, 0.4) is 0 Å². The highest BCUT2D eigenvalue weighted by Crippen LogP contribution is 2.56. The number of rotatable bonds is 5. The van der Waals surface area contributed by atoms with Crippen LogP contribution in [0, 0.1) is 16.7 Å². The summed E-state index contributed by atoms with van der Waals surface area (Å²) in [7, 11) is 0. The minimum absolute atomic E-state index is 0.0567. The number of nitrogens with one attached hydrogen (secondary N) is 1. The Kier molecular flexibility index (Phi) is 5.66. The zero-order chi connectivity index (χ0) is 27.2. The number of carbonyl (C=O) groups excluding carboxylic acids is 1. The van der Waals surface area contributed by atoms with Crippen LogP contribution in [0.25, 0.3) is 0 Å². The van der Waals surface area contributed by atoms with Crippen molar-refractivity contribution in [1.29, 1.82) is 0 Å². The molecule has 6 aliphatic rings. The average Bonchev–Trinajstić information content (AvgIpc) is 3.22. The molecule has 0 bridgehead atoms. The minimum atomic E-state index is -2.50. The second kappa shape index (κ2) is 8.99. The van der Waals surface area contributed by atoms with Crippen LogP contribution in [0.15, 0.2) is 18.2 Å².